The van der Waals surface area contributed by atoms with Gasteiger partial charge in [-0.2, -0.15) is 0 Å². The third-order valence-corrected chi connectivity index (χ3v) is 8.23. The Bertz CT molecular complexity index is 1250. The number of carbonyl (C=O) groups is 1. The van der Waals surface area contributed by atoms with Crippen LogP contribution < -0.4 is 26.2 Å². The second-order valence-electron chi connectivity index (χ2n) is 10.8. The molecule has 6 rings (SSSR count). The van der Waals surface area contributed by atoms with Crippen molar-refractivity contribution in [3.8, 4) is 11.3 Å². The van der Waals surface area contributed by atoms with E-state index in [1.807, 2.05) is 30.3 Å². The normalized spacial score (nSPS) is 21.8. The summed E-state index contributed by atoms with van der Waals surface area (Å²) in [4.78, 5) is 28.1. The van der Waals surface area contributed by atoms with Crippen molar-refractivity contribution in [2.75, 3.05) is 60.9 Å². The highest BCUT2D eigenvalue weighted by Crippen LogP contribution is 2.28. The molecule has 0 aliphatic carbocycles. The Balaban J connectivity index is 1.05. The summed E-state index contributed by atoms with van der Waals surface area (Å²) in [6.45, 7) is 7.55. The molecule has 0 spiro atoms. The molecule has 2 aromatic carbocycles. The number of anilines is 4. The number of amides is 1. The molecule has 0 unspecified atom stereocenters. The van der Waals surface area contributed by atoms with Crippen LogP contribution >= 0.6 is 0 Å². The zero-order valence-corrected chi connectivity index (χ0v) is 22.4. The maximum Gasteiger partial charge on any atom is 0.240 e. The van der Waals surface area contributed by atoms with Crippen molar-refractivity contribution in [1.29, 1.82) is 0 Å². The van der Waals surface area contributed by atoms with Gasteiger partial charge in [-0.25, -0.2) is 9.97 Å². The summed E-state index contributed by atoms with van der Waals surface area (Å²) in [6.07, 6.45) is 6.19. The minimum Gasteiger partial charge on any atom is -0.369 e. The van der Waals surface area contributed by atoms with E-state index in [1.165, 1.54) is 31.6 Å². The number of nitrogens with one attached hydrogen (secondary N) is 2. The zero-order valence-electron chi connectivity index (χ0n) is 22.4. The topological polar surface area (TPSA) is 103 Å². The van der Waals surface area contributed by atoms with E-state index in [0.717, 1.165) is 68.2 Å². The van der Waals surface area contributed by atoms with Crippen LogP contribution in [0.3, 0.4) is 0 Å². The molecule has 0 saturated carbocycles. The number of hydrogen-bond donors (Lipinski definition) is 3. The van der Waals surface area contributed by atoms with Gasteiger partial charge < -0.3 is 26.2 Å². The molecule has 39 heavy (non-hydrogen) atoms. The predicted molar refractivity (Wildman–Crippen MR) is 156 cm³/mol. The minimum atomic E-state index is -0.258. The Kier molecular flexibility index (Phi) is 7.60. The van der Waals surface area contributed by atoms with Crippen molar-refractivity contribution in [3.63, 3.8) is 0 Å². The van der Waals surface area contributed by atoms with Crippen molar-refractivity contribution in [1.82, 2.24) is 20.2 Å². The summed E-state index contributed by atoms with van der Waals surface area (Å²) in [6, 6.07) is 19.1. The quantitative estimate of drug-likeness (QED) is 0.411. The summed E-state index contributed by atoms with van der Waals surface area (Å²) in [7, 11) is 0. The summed E-state index contributed by atoms with van der Waals surface area (Å²) >= 11 is 0. The average molecular weight is 527 g/mol. The van der Waals surface area contributed by atoms with Gasteiger partial charge in [0.05, 0.1) is 5.69 Å². The summed E-state index contributed by atoms with van der Waals surface area (Å²) in [5.41, 5.74) is 10.7. The van der Waals surface area contributed by atoms with Gasteiger partial charge in [-0.15, -0.1) is 0 Å². The molecule has 9 nitrogen and oxygen atoms in total. The van der Waals surface area contributed by atoms with Gasteiger partial charge in [-0.3, -0.25) is 9.69 Å². The summed E-state index contributed by atoms with van der Waals surface area (Å²) < 4.78 is 0. The van der Waals surface area contributed by atoms with Crippen LogP contribution in [0.5, 0.6) is 0 Å². The molecule has 3 aliphatic rings. The number of nitrogens with zero attached hydrogens (tertiary/aromatic N) is 5. The van der Waals surface area contributed by atoms with Gasteiger partial charge in [0.1, 0.15) is 6.04 Å². The maximum absolute atomic E-state index is 11.8. The second kappa shape index (κ2) is 11.6. The monoisotopic (exact) mass is 526 g/mol. The maximum atomic E-state index is 11.8. The lowest BCUT2D eigenvalue weighted by molar-refractivity contribution is -0.119. The van der Waals surface area contributed by atoms with Crippen LogP contribution in [0.1, 0.15) is 25.7 Å². The fraction of sp³-hybridized carbons (Fsp3) is 0.433. The van der Waals surface area contributed by atoms with Gasteiger partial charge in [0.15, 0.2) is 0 Å². The van der Waals surface area contributed by atoms with Crippen LogP contribution in [0.4, 0.5) is 23.0 Å². The number of aromatic nitrogens is 2. The molecule has 4 heterocycles. The first-order valence-corrected chi connectivity index (χ1v) is 14.2. The zero-order chi connectivity index (χ0) is 26.6. The number of piperazine rings is 1. The number of nitrogens with two attached hydrogens (primary N) is 1. The number of rotatable bonds is 8. The Morgan fingerprint density at radius 3 is 2.41 bits per heavy atom. The first kappa shape index (κ1) is 25.6. The number of hydrogen-bond acceptors (Lipinski definition) is 8. The third-order valence-electron chi connectivity index (χ3n) is 8.23. The van der Waals surface area contributed by atoms with E-state index in [9.17, 15) is 4.79 Å². The Morgan fingerprint density at radius 2 is 1.69 bits per heavy atom. The van der Waals surface area contributed by atoms with Gasteiger partial charge in [0.25, 0.3) is 0 Å². The van der Waals surface area contributed by atoms with Gasteiger partial charge >= 0.3 is 0 Å². The van der Waals surface area contributed by atoms with Crippen LogP contribution in [0, 0.1) is 0 Å². The van der Waals surface area contributed by atoms with Crippen LogP contribution in [-0.2, 0) is 4.79 Å². The van der Waals surface area contributed by atoms with E-state index in [0.29, 0.717) is 12.0 Å². The standard InChI is InChI=1S/C30H38N8O/c31-29(39)28-4-2-16-38(28)26-9-5-22(6-10-26)27-13-15-33-30(35-27)34-23-7-11-25(12-8-23)37-19-17-36(18-20-37)21-24-3-1-14-32-24/h5-13,15,24,28,32H,1-4,14,16-21H2,(H2,31,39)(H,33,34,35)/t24-,28-/m1/s1. The molecule has 2 atom stereocenters. The van der Waals surface area contributed by atoms with Crippen molar-refractivity contribution >= 4 is 28.9 Å². The molecule has 0 radical (unpaired) electrons. The number of benzene rings is 2. The lowest BCUT2D eigenvalue weighted by Crippen LogP contribution is -2.49. The number of carbonyl (C=O) groups excluding carboxylic acids is 1. The SMILES string of the molecule is NC(=O)[C@H]1CCCN1c1ccc(-c2ccnc(Nc3ccc(N4CCN(C[C@H]5CCCN5)CC4)cc3)n2)cc1. The van der Waals surface area contributed by atoms with E-state index in [2.05, 4.69) is 54.6 Å². The lowest BCUT2D eigenvalue weighted by atomic mass is 10.1. The average Bonchev–Trinajstić information content (AvgIpc) is 3.67. The molecule has 3 aromatic rings. The van der Waals surface area contributed by atoms with Crippen molar-refractivity contribution in [2.24, 2.45) is 5.73 Å². The van der Waals surface area contributed by atoms with Crippen molar-refractivity contribution < 1.29 is 4.79 Å². The van der Waals surface area contributed by atoms with E-state index >= 15 is 0 Å². The van der Waals surface area contributed by atoms with Crippen LogP contribution in [-0.4, -0.2) is 78.7 Å². The molecule has 9 heteroatoms. The molecular weight excluding hydrogens is 488 g/mol. The molecule has 3 saturated heterocycles. The Labute approximate surface area is 230 Å². The highest BCUT2D eigenvalue weighted by Gasteiger charge is 2.29. The summed E-state index contributed by atoms with van der Waals surface area (Å²) in [5, 5.41) is 6.97. The first-order chi connectivity index (χ1) is 19.1. The van der Waals surface area contributed by atoms with Gasteiger partial charge in [0, 0.05) is 74.1 Å². The largest absolute Gasteiger partial charge is 0.369 e. The fourth-order valence-corrected chi connectivity index (χ4v) is 6.07. The van der Waals surface area contributed by atoms with E-state index < -0.39 is 0 Å². The van der Waals surface area contributed by atoms with E-state index in [-0.39, 0.29) is 11.9 Å². The van der Waals surface area contributed by atoms with Gasteiger partial charge in [0.2, 0.25) is 11.9 Å². The lowest BCUT2D eigenvalue weighted by Gasteiger charge is -2.37. The van der Waals surface area contributed by atoms with Crippen LogP contribution in [0.2, 0.25) is 0 Å². The highest BCUT2D eigenvalue weighted by atomic mass is 16.1. The molecule has 1 aromatic heterocycles. The molecule has 0 bridgehead atoms. The molecule has 3 aliphatic heterocycles. The Hall–Kier alpha value is -3.69. The van der Waals surface area contributed by atoms with E-state index in [1.54, 1.807) is 6.20 Å². The number of primary amides is 1. The van der Waals surface area contributed by atoms with Gasteiger partial charge in [-0.1, -0.05) is 12.1 Å². The second-order valence-corrected chi connectivity index (χ2v) is 10.8. The minimum absolute atomic E-state index is 0.221. The fourth-order valence-electron chi connectivity index (χ4n) is 6.07. The van der Waals surface area contributed by atoms with Crippen LogP contribution in [0.25, 0.3) is 11.3 Å². The molecule has 3 fully saturated rings. The molecule has 4 N–H and O–H groups in total. The molecule has 1 amide bonds. The predicted octanol–water partition coefficient (Wildman–Crippen LogP) is 3.22. The van der Waals surface area contributed by atoms with Crippen LogP contribution in [0.15, 0.2) is 60.8 Å². The highest BCUT2D eigenvalue weighted by molar-refractivity contribution is 5.84. The Morgan fingerprint density at radius 1 is 0.923 bits per heavy atom. The first-order valence-electron chi connectivity index (χ1n) is 14.2. The van der Waals surface area contributed by atoms with Crippen molar-refractivity contribution in [3.05, 3.63) is 60.8 Å². The van der Waals surface area contributed by atoms with Gasteiger partial charge in [-0.05, 0) is 74.7 Å². The van der Waals surface area contributed by atoms with Crippen molar-refractivity contribution in [2.45, 2.75) is 37.8 Å². The molecular formula is C30H38N8O. The summed E-state index contributed by atoms with van der Waals surface area (Å²) in [5.74, 6) is 0.304. The molecule has 204 valence electrons. The third kappa shape index (κ3) is 5.99. The van der Waals surface area contributed by atoms with E-state index in [4.69, 9.17) is 10.7 Å². The smallest absolute Gasteiger partial charge is 0.240 e.